The van der Waals surface area contributed by atoms with Gasteiger partial charge < -0.3 is 20.1 Å². The highest BCUT2D eigenvalue weighted by Crippen LogP contribution is 2.25. The summed E-state index contributed by atoms with van der Waals surface area (Å²) in [5, 5.41) is 11.3. The number of amides is 2. The Morgan fingerprint density at radius 1 is 1.18 bits per heavy atom. The molecular formula is C23H29N7O4. The number of primary amides is 1. The Labute approximate surface area is 197 Å². The second-order valence-electron chi connectivity index (χ2n) is 7.96. The number of carbonyl (C=O) groups excluding carboxylic acids is 2. The molecule has 0 aliphatic carbocycles. The molecule has 2 heterocycles. The highest BCUT2D eigenvalue weighted by molar-refractivity contribution is 5.99. The molecule has 0 aliphatic rings. The number of hydrogen-bond acceptors (Lipinski definition) is 8. The van der Waals surface area contributed by atoms with Gasteiger partial charge in [-0.25, -0.2) is 4.68 Å². The van der Waals surface area contributed by atoms with Gasteiger partial charge in [0.15, 0.2) is 0 Å². The normalized spacial score (nSPS) is 12.8. The fourth-order valence-electron chi connectivity index (χ4n) is 3.70. The van der Waals surface area contributed by atoms with Crippen LogP contribution in [0.3, 0.4) is 0 Å². The Morgan fingerprint density at radius 3 is 2.56 bits per heavy atom. The van der Waals surface area contributed by atoms with E-state index in [1.165, 1.54) is 30.1 Å². The van der Waals surface area contributed by atoms with Crippen molar-refractivity contribution < 1.29 is 19.1 Å². The van der Waals surface area contributed by atoms with Crippen molar-refractivity contribution in [3.8, 4) is 16.9 Å². The Balaban J connectivity index is 2.12. The molecule has 0 bridgehead atoms. The van der Waals surface area contributed by atoms with Gasteiger partial charge in [0, 0.05) is 44.6 Å². The van der Waals surface area contributed by atoms with Crippen LogP contribution >= 0.6 is 0 Å². The molecule has 2 atom stereocenters. The largest absolute Gasteiger partial charge is 0.385 e. The van der Waals surface area contributed by atoms with Crippen molar-refractivity contribution in [3.05, 3.63) is 54.0 Å². The maximum absolute atomic E-state index is 13.9. The first-order chi connectivity index (χ1) is 16.3. The van der Waals surface area contributed by atoms with Crippen LogP contribution in [0.4, 0.5) is 0 Å². The van der Waals surface area contributed by atoms with E-state index >= 15 is 0 Å². The lowest BCUT2D eigenvalue weighted by atomic mass is 10.0. The third kappa shape index (κ3) is 5.80. The van der Waals surface area contributed by atoms with Crippen molar-refractivity contribution in [1.82, 2.24) is 30.1 Å². The summed E-state index contributed by atoms with van der Waals surface area (Å²) in [6, 6.07) is 7.74. The van der Waals surface area contributed by atoms with E-state index in [0.717, 1.165) is 5.56 Å². The first-order valence-electron chi connectivity index (χ1n) is 10.8. The first-order valence-corrected chi connectivity index (χ1v) is 10.8. The van der Waals surface area contributed by atoms with E-state index in [2.05, 4.69) is 20.5 Å². The van der Waals surface area contributed by atoms with Crippen molar-refractivity contribution in [3.63, 3.8) is 0 Å². The van der Waals surface area contributed by atoms with Crippen LogP contribution in [0, 0.1) is 6.92 Å². The number of aryl methyl sites for hydroxylation is 1. The molecule has 0 fully saturated rings. The molecule has 2 unspecified atom stereocenters. The van der Waals surface area contributed by atoms with Gasteiger partial charge in [-0.15, -0.1) is 5.10 Å². The summed E-state index contributed by atoms with van der Waals surface area (Å²) in [7, 11) is 3.06. The number of nitrogens with zero attached hydrogens (tertiary/aromatic N) is 6. The number of aromatic nitrogens is 5. The molecule has 2 amide bonds. The number of pyridine rings is 1. The molecule has 3 aromatic rings. The van der Waals surface area contributed by atoms with Crippen molar-refractivity contribution in [1.29, 1.82) is 0 Å². The number of ether oxygens (including phenoxy) is 2. The lowest BCUT2D eigenvalue weighted by Gasteiger charge is -2.35. The summed E-state index contributed by atoms with van der Waals surface area (Å²) >= 11 is 0. The number of methoxy groups -OCH3 is 2. The van der Waals surface area contributed by atoms with Crippen LogP contribution < -0.4 is 5.73 Å². The molecule has 2 N–H and O–H groups in total. The number of benzene rings is 1. The van der Waals surface area contributed by atoms with Gasteiger partial charge in [0.2, 0.25) is 5.91 Å². The summed E-state index contributed by atoms with van der Waals surface area (Å²) in [5.74, 6) is -1.00. The van der Waals surface area contributed by atoms with Gasteiger partial charge in [-0.1, -0.05) is 6.07 Å². The number of hydrogen-bond donors (Lipinski definition) is 1. The van der Waals surface area contributed by atoms with E-state index in [1.807, 2.05) is 25.1 Å². The van der Waals surface area contributed by atoms with Crippen molar-refractivity contribution >= 4 is 11.8 Å². The van der Waals surface area contributed by atoms with Gasteiger partial charge in [0.25, 0.3) is 5.91 Å². The number of carbonyl (C=O) groups is 2. The SMILES string of the molecule is COCCC(C(N)=O)N(C(=O)c1cc(-c2ccc(C)cn2)cc(-n2cnnn2)c1)C(C)COC. The summed E-state index contributed by atoms with van der Waals surface area (Å²) in [4.78, 5) is 32.2. The van der Waals surface area contributed by atoms with Crippen LogP contribution in [-0.2, 0) is 14.3 Å². The molecule has 11 nitrogen and oxygen atoms in total. The summed E-state index contributed by atoms with van der Waals surface area (Å²) in [5.41, 5.74) is 8.99. The zero-order valence-corrected chi connectivity index (χ0v) is 19.7. The van der Waals surface area contributed by atoms with Crippen molar-refractivity contribution in [2.24, 2.45) is 5.73 Å². The molecule has 2 aromatic heterocycles. The Kier molecular flexibility index (Phi) is 8.39. The number of rotatable bonds is 11. The van der Waals surface area contributed by atoms with E-state index in [4.69, 9.17) is 15.2 Å². The summed E-state index contributed by atoms with van der Waals surface area (Å²) in [6.45, 7) is 4.24. The molecule has 0 radical (unpaired) electrons. The third-order valence-electron chi connectivity index (χ3n) is 5.36. The van der Waals surface area contributed by atoms with E-state index in [-0.39, 0.29) is 25.5 Å². The monoisotopic (exact) mass is 467 g/mol. The van der Waals surface area contributed by atoms with Gasteiger partial charge >= 0.3 is 0 Å². The van der Waals surface area contributed by atoms with Crippen LogP contribution in [0.25, 0.3) is 16.9 Å². The lowest BCUT2D eigenvalue weighted by molar-refractivity contribution is -0.124. The van der Waals surface area contributed by atoms with Gasteiger partial charge in [0.05, 0.1) is 24.0 Å². The predicted molar refractivity (Wildman–Crippen MR) is 124 cm³/mol. The zero-order valence-electron chi connectivity index (χ0n) is 19.7. The minimum Gasteiger partial charge on any atom is -0.385 e. The molecule has 3 rings (SSSR count). The van der Waals surface area contributed by atoms with Crippen LogP contribution in [-0.4, -0.2) is 81.4 Å². The van der Waals surface area contributed by atoms with E-state index in [1.54, 1.807) is 25.3 Å². The Bertz CT molecular complexity index is 1100. The molecule has 1 aromatic carbocycles. The molecule has 0 saturated carbocycles. The summed E-state index contributed by atoms with van der Waals surface area (Å²) < 4.78 is 11.9. The van der Waals surface area contributed by atoms with Crippen LogP contribution in [0.5, 0.6) is 0 Å². The average molecular weight is 468 g/mol. The maximum atomic E-state index is 13.9. The fraction of sp³-hybridized carbons (Fsp3) is 0.391. The van der Waals surface area contributed by atoms with E-state index < -0.39 is 18.0 Å². The molecule has 11 heteroatoms. The molecule has 0 spiro atoms. The lowest BCUT2D eigenvalue weighted by Crippen LogP contribution is -2.53. The van der Waals surface area contributed by atoms with Gasteiger partial charge in [-0.2, -0.15) is 0 Å². The highest BCUT2D eigenvalue weighted by Gasteiger charge is 2.33. The smallest absolute Gasteiger partial charge is 0.254 e. The van der Waals surface area contributed by atoms with E-state index in [9.17, 15) is 9.59 Å². The number of nitrogens with two attached hydrogens (primary N) is 1. The Morgan fingerprint density at radius 2 is 1.97 bits per heavy atom. The molecular weight excluding hydrogens is 438 g/mol. The molecule has 0 aliphatic heterocycles. The first kappa shape index (κ1) is 24.9. The fourth-order valence-corrected chi connectivity index (χ4v) is 3.70. The van der Waals surface area contributed by atoms with Crippen molar-refractivity contribution in [2.45, 2.75) is 32.4 Å². The highest BCUT2D eigenvalue weighted by atomic mass is 16.5. The maximum Gasteiger partial charge on any atom is 0.254 e. The quantitative estimate of drug-likeness (QED) is 0.447. The van der Waals surface area contributed by atoms with Gasteiger partial charge in [0.1, 0.15) is 12.4 Å². The average Bonchev–Trinajstić information content (AvgIpc) is 3.36. The van der Waals surface area contributed by atoms with Crippen LogP contribution in [0.2, 0.25) is 0 Å². The second-order valence-corrected chi connectivity index (χ2v) is 7.96. The standard InChI is InChI=1S/C23H29N7O4/c1-15-5-6-20(25-12-15)17-9-18(11-19(10-17)29-14-26-27-28-29)23(32)30(16(2)13-34-4)21(22(24)31)7-8-33-3/h5-6,9-12,14,16,21H,7-8,13H2,1-4H3,(H2,24,31). The van der Waals surface area contributed by atoms with Crippen molar-refractivity contribution in [2.75, 3.05) is 27.4 Å². The van der Waals surface area contributed by atoms with Gasteiger partial charge in [-0.3, -0.25) is 14.6 Å². The van der Waals surface area contributed by atoms with E-state index in [0.29, 0.717) is 22.5 Å². The Hall–Kier alpha value is -3.70. The number of tetrazole rings is 1. The molecule has 180 valence electrons. The summed E-state index contributed by atoms with van der Waals surface area (Å²) in [6.07, 6.45) is 3.44. The topological polar surface area (TPSA) is 138 Å². The molecule has 0 saturated heterocycles. The molecule has 34 heavy (non-hydrogen) atoms. The van der Waals surface area contributed by atoms with Crippen LogP contribution in [0.1, 0.15) is 29.3 Å². The second kappa shape index (κ2) is 11.4. The third-order valence-corrected chi connectivity index (χ3v) is 5.36. The predicted octanol–water partition coefficient (Wildman–Crippen LogP) is 1.40. The minimum atomic E-state index is -0.879. The van der Waals surface area contributed by atoms with Gasteiger partial charge in [-0.05, 0) is 54.1 Å². The van der Waals surface area contributed by atoms with Crippen LogP contribution in [0.15, 0.2) is 42.9 Å². The minimum absolute atomic E-state index is 0.224. The zero-order chi connectivity index (χ0) is 24.7.